The first kappa shape index (κ1) is 28.3. The Morgan fingerprint density at radius 2 is 1.46 bits per heavy atom. The summed E-state index contributed by atoms with van der Waals surface area (Å²) in [6.07, 6.45) is -5.57. The van der Waals surface area contributed by atoms with Crippen molar-refractivity contribution in [1.82, 2.24) is 5.32 Å². The molecule has 2 bridgehead atoms. The van der Waals surface area contributed by atoms with Crippen LogP contribution >= 0.6 is 0 Å². The lowest BCUT2D eigenvalue weighted by atomic mass is 9.93. The minimum atomic E-state index is -5.08. The van der Waals surface area contributed by atoms with Gasteiger partial charge in [-0.1, -0.05) is 30.3 Å². The number of carbonyl (C=O) groups is 2. The molecule has 2 atom stereocenters. The zero-order chi connectivity index (χ0) is 27.2. The normalized spacial score (nSPS) is 21.0. The number of halogens is 6. The zero-order valence-corrected chi connectivity index (χ0v) is 19.6. The second-order valence-corrected chi connectivity index (χ2v) is 8.97. The summed E-state index contributed by atoms with van der Waals surface area (Å²) in [4.78, 5) is 23.3. The maximum Gasteiger partial charge on any atom is 0.490 e. The number of nitrogens with one attached hydrogen (secondary N) is 1. The monoisotopic (exact) mass is 532 g/mol. The van der Waals surface area contributed by atoms with E-state index < -0.39 is 30.0 Å². The lowest BCUT2D eigenvalue weighted by molar-refractivity contribution is -0.192. The van der Waals surface area contributed by atoms with Crippen LogP contribution in [0.2, 0.25) is 0 Å². The minimum absolute atomic E-state index is 0.137. The number of fused-ring (bicyclic) bond motifs is 2. The highest BCUT2D eigenvalue weighted by Crippen LogP contribution is 2.32. The van der Waals surface area contributed by atoms with Crippen LogP contribution in [0.25, 0.3) is 0 Å². The Balaban J connectivity index is 0.000000479. The number of hydrogen-bond donors (Lipinski definition) is 2. The highest BCUT2D eigenvalue weighted by molar-refractivity contribution is 5.87. The molecule has 2 saturated heterocycles. The molecule has 2 heterocycles. The quantitative estimate of drug-likeness (QED) is 0.461. The van der Waals surface area contributed by atoms with Crippen LogP contribution in [0, 0.1) is 5.92 Å². The molecule has 2 N–H and O–H groups in total. The molecule has 37 heavy (non-hydrogen) atoms. The Labute approximate surface area is 209 Å². The lowest BCUT2D eigenvalue weighted by Crippen LogP contribution is -2.40. The SMILES string of the molecule is O=C(O)C(F)(F)F.O=C(OCC1CC2CCC(C1)N2)N(Cc1ccc(C(F)(F)F)cc1)c1ccccc1. The molecule has 2 aliphatic heterocycles. The fraction of sp³-hybridized carbons (Fsp3) is 0.440. The van der Waals surface area contributed by atoms with Gasteiger partial charge < -0.3 is 15.2 Å². The van der Waals surface area contributed by atoms with Crippen molar-refractivity contribution in [2.24, 2.45) is 5.92 Å². The predicted octanol–water partition coefficient (Wildman–Crippen LogP) is 6.01. The van der Waals surface area contributed by atoms with Gasteiger partial charge in [0.15, 0.2) is 0 Å². The number of anilines is 1. The first-order valence-electron chi connectivity index (χ1n) is 11.5. The van der Waals surface area contributed by atoms with Gasteiger partial charge in [0.25, 0.3) is 0 Å². The van der Waals surface area contributed by atoms with Gasteiger partial charge in [-0.05, 0) is 61.4 Å². The maximum absolute atomic E-state index is 12.9. The van der Waals surface area contributed by atoms with Crippen LogP contribution in [0.15, 0.2) is 54.6 Å². The summed E-state index contributed by atoms with van der Waals surface area (Å²) in [6.45, 7) is 0.502. The van der Waals surface area contributed by atoms with Gasteiger partial charge >= 0.3 is 24.4 Å². The minimum Gasteiger partial charge on any atom is -0.475 e. The fourth-order valence-corrected chi connectivity index (χ4v) is 4.43. The van der Waals surface area contributed by atoms with Crippen molar-refractivity contribution in [3.63, 3.8) is 0 Å². The molecular weight excluding hydrogens is 506 g/mol. The van der Waals surface area contributed by atoms with E-state index in [9.17, 15) is 31.1 Å². The van der Waals surface area contributed by atoms with Crippen molar-refractivity contribution in [3.8, 4) is 0 Å². The molecule has 0 aromatic heterocycles. The Morgan fingerprint density at radius 1 is 0.919 bits per heavy atom. The number of hydrogen-bond acceptors (Lipinski definition) is 4. The fourth-order valence-electron chi connectivity index (χ4n) is 4.43. The Morgan fingerprint density at radius 3 is 1.95 bits per heavy atom. The van der Waals surface area contributed by atoms with E-state index in [2.05, 4.69) is 5.32 Å². The number of carbonyl (C=O) groups excluding carboxylic acids is 1. The van der Waals surface area contributed by atoms with Crippen LogP contribution in [0.1, 0.15) is 36.8 Å². The molecule has 2 unspecified atom stereocenters. The molecule has 2 aromatic rings. The third-order valence-corrected chi connectivity index (χ3v) is 6.17. The molecule has 6 nitrogen and oxygen atoms in total. The molecular formula is C25H26F6N2O4. The molecule has 1 amide bonds. The van der Waals surface area contributed by atoms with Gasteiger partial charge in [0.05, 0.1) is 18.7 Å². The number of rotatable bonds is 5. The zero-order valence-electron chi connectivity index (χ0n) is 19.6. The number of carboxylic acid groups (broad SMARTS) is 1. The highest BCUT2D eigenvalue weighted by atomic mass is 19.4. The van der Waals surface area contributed by atoms with E-state index in [1.54, 1.807) is 12.1 Å². The number of alkyl halides is 6. The average Bonchev–Trinajstić information content (AvgIpc) is 3.18. The van der Waals surface area contributed by atoms with E-state index in [4.69, 9.17) is 14.6 Å². The van der Waals surface area contributed by atoms with E-state index in [0.29, 0.717) is 35.9 Å². The van der Waals surface area contributed by atoms with E-state index in [1.165, 1.54) is 29.9 Å². The first-order chi connectivity index (χ1) is 17.3. The summed E-state index contributed by atoms with van der Waals surface area (Å²) >= 11 is 0. The van der Waals surface area contributed by atoms with Gasteiger partial charge in [-0.25, -0.2) is 9.59 Å². The second-order valence-electron chi connectivity index (χ2n) is 8.97. The third-order valence-electron chi connectivity index (χ3n) is 6.17. The molecule has 0 saturated carbocycles. The summed E-state index contributed by atoms with van der Waals surface area (Å²) < 4.78 is 75.9. The summed E-state index contributed by atoms with van der Waals surface area (Å²) in [7, 11) is 0. The third kappa shape index (κ3) is 8.38. The largest absolute Gasteiger partial charge is 0.490 e. The van der Waals surface area contributed by atoms with E-state index in [1.807, 2.05) is 18.2 Å². The first-order valence-corrected chi connectivity index (χ1v) is 11.5. The number of ether oxygens (including phenoxy) is 1. The Bertz CT molecular complexity index is 1030. The van der Waals surface area contributed by atoms with Crippen molar-refractivity contribution < 1.29 is 45.8 Å². The summed E-state index contributed by atoms with van der Waals surface area (Å²) in [6, 6.07) is 15.0. The Kier molecular flexibility index (Phi) is 9.06. The van der Waals surface area contributed by atoms with Crippen molar-refractivity contribution in [1.29, 1.82) is 0 Å². The van der Waals surface area contributed by atoms with Crippen LogP contribution in [-0.4, -0.2) is 42.0 Å². The van der Waals surface area contributed by atoms with Crippen molar-refractivity contribution in [2.75, 3.05) is 11.5 Å². The molecule has 0 spiro atoms. The summed E-state index contributed by atoms with van der Waals surface area (Å²) in [5, 5.41) is 10.7. The van der Waals surface area contributed by atoms with Gasteiger partial charge in [-0.3, -0.25) is 4.90 Å². The number of para-hydroxylation sites is 1. The Hall–Kier alpha value is -3.28. The van der Waals surface area contributed by atoms with Gasteiger partial charge in [-0.2, -0.15) is 26.3 Å². The van der Waals surface area contributed by atoms with E-state index in [-0.39, 0.29) is 6.54 Å². The molecule has 0 radical (unpaired) electrons. The maximum atomic E-state index is 12.9. The number of piperidine rings is 1. The van der Waals surface area contributed by atoms with Gasteiger partial charge in [-0.15, -0.1) is 0 Å². The van der Waals surface area contributed by atoms with Crippen LogP contribution in [0.4, 0.5) is 36.8 Å². The summed E-state index contributed by atoms with van der Waals surface area (Å²) in [5.74, 6) is -2.41. The topological polar surface area (TPSA) is 78.9 Å². The highest BCUT2D eigenvalue weighted by Gasteiger charge is 2.38. The van der Waals surface area contributed by atoms with Crippen LogP contribution in [0.3, 0.4) is 0 Å². The average molecular weight is 532 g/mol. The molecule has 2 fully saturated rings. The van der Waals surface area contributed by atoms with E-state index >= 15 is 0 Å². The number of amides is 1. The molecule has 2 aliphatic rings. The van der Waals surface area contributed by atoms with E-state index in [0.717, 1.165) is 25.0 Å². The molecule has 2 aromatic carbocycles. The van der Waals surface area contributed by atoms with Crippen LogP contribution < -0.4 is 10.2 Å². The summed E-state index contributed by atoms with van der Waals surface area (Å²) in [5.41, 5.74) is 0.539. The predicted molar refractivity (Wildman–Crippen MR) is 122 cm³/mol. The van der Waals surface area contributed by atoms with Gasteiger partial charge in [0.2, 0.25) is 0 Å². The number of nitrogens with zero attached hydrogens (tertiary/aromatic N) is 1. The van der Waals surface area contributed by atoms with Crippen LogP contribution in [0.5, 0.6) is 0 Å². The van der Waals surface area contributed by atoms with Crippen molar-refractivity contribution >= 4 is 17.7 Å². The number of benzene rings is 2. The number of carboxylic acids is 1. The standard InChI is InChI=1S/C23H25F3N2O2.C2HF3O2/c24-23(25,26)18-8-6-16(7-9-18)14-28(21-4-2-1-3-5-21)22(29)30-15-17-12-19-10-11-20(13-17)27-19;3-2(4,5)1(6)7/h1-9,17,19-20,27H,10-15H2;(H,6,7). The lowest BCUT2D eigenvalue weighted by Gasteiger charge is -2.30. The molecule has 202 valence electrons. The van der Waals surface area contributed by atoms with Gasteiger partial charge in [0.1, 0.15) is 0 Å². The van der Waals surface area contributed by atoms with Crippen LogP contribution in [-0.2, 0) is 22.3 Å². The molecule has 12 heteroatoms. The smallest absolute Gasteiger partial charge is 0.475 e. The molecule has 4 rings (SSSR count). The molecule has 0 aliphatic carbocycles. The van der Waals surface area contributed by atoms with Crippen molar-refractivity contribution in [3.05, 3.63) is 65.7 Å². The number of aliphatic carboxylic acids is 1. The second kappa shape index (κ2) is 11.8. The van der Waals surface area contributed by atoms with Gasteiger partial charge in [0, 0.05) is 17.8 Å². The van der Waals surface area contributed by atoms with Crippen molar-refractivity contribution in [2.45, 2.75) is 56.7 Å².